The van der Waals surface area contributed by atoms with Crippen molar-refractivity contribution in [3.8, 4) is 5.75 Å². The summed E-state index contributed by atoms with van der Waals surface area (Å²) in [6.07, 6.45) is 1.59. The molecule has 6 heteroatoms. The van der Waals surface area contributed by atoms with Crippen LogP contribution in [0.5, 0.6) is 5.75 Å². The lowest BCUT2D eigenvalue weighted by molar-refractivity contribution is -0.0727. The van der Waals surface area contributed by atoms with Crippen molar-refractivity contribution in [1.29, 1.82) is 0 Å². The molecule has 0 aromatic heterocycles. The highest BCUT2D eigenvalue weighted by atomic mass is 19.1. The lowest BCUT2D eigenvalue weighted by Crippen LogP contribution is -2.35. The van der Waals surface area contributed by atoms with E-state index in [-0.39, 0.29) is 29.9 Å². The smallest absolute Gasteiger partial charge is 0.170 e. The summed E-state index contributed by atoms with van der Waals surface area (Å²) < 4.78 is 25.3. The molecule has 1 aromatic rings. The first-order chi connectivity index (χ1) is 9.49. The lowest BCUT2D eigenvalue weighted by Gasteiger charge is -2.32. The third-order valence-electron chi connectivity index (χ3n) is 3.28. The van der Waals surface area contributed by atoms with Gasteiger partial charge >= 0.3 is 0 Å². The van der Waals surface area contributed by atoms with Crippen LogP contribution in [0.1, 0.15) is 32.3 Å². The largest absolute Gasteiger partial charge is 0.487 e. The zero-order valence-corrected chi connectivity index (χ0v) is 11.5. The number of benzene rings is 1. The molecule has 1 aliphatic heterocycles. The van der Waals surface area contributed by atoms with Crippen LogP contribution in [0.2, 0.25) is 0 Å². The monoisotopic (exact) mass is 282 g/mol. The summed E-state index contributed by atoms with van der Waals surface area (Å²) in [5.74, 6) is -0.490. The molecule has 20 heavy (non-hydrogen) atoms. The minimum Gasteiger partial charge on any atom is -0.487 e. The van der Waals surface area contributed by atoms with Gasteiger partial charge < -0.3 is 20.4 Å². The van der Waals surface area contributed by atoms with Crippen molar-refractivity contribution in [3.63, 3.8) is 0 Å². The highest BCUT2D eigenvalue weighted by Gasteiger charge is 2.26. The molecule has 1 aromatic carbocycles. The standard InChI is InChI=1S/C14H19FN2O3/c1-8-5-11(6-9(2)19-8)20-13-4-3-10(7-12(13)15)14(16)17-18/h3-4,7-9,11,18H,5-6H2,1-2H3,(H2,16,17). The van der Waals surface area contributed by atoms with Gasteiger partial charge in [0.05, 0.1) is 12.2 Å². The Balaban J connectivity index is 2.10. The number of nitrogens with two attached hydrogens (primary N) is 1. The maximum Gasteiger partial charge on any atom is 0.170 e. The van der Waals surface area contributed by atoms with Gasteiger partial charge in [-0.1, -0.05) is 5.16 Å². The van der Waals surface area contributed by atoms with Crippen molar-refractivity contribution in [3.05, 3.63) is 29.6 Å². The summed E-state index contributed by atoms with van der Waals surface area (Å²) in [6, 6.07) is 4.24. The zero-order valence-electron chi connectivity index (χ0n) is 11.5. The Morgan fingerprint density at radius 1 is 1.40 bits per heavy atom. The molecule has 1 aliphatic rings. The van der Waals surface area contributed by atoms with Crippen LogP contribution >= 0.6 is 0 Å². The molecule has 0 radical (unpaired) electrons. The number of nitrogens with zero attached hydrogens (tertiary/aromatic N) is 1. The van der Waals surface area contributed by atoms with Gasteiger partial charge in [-0.05, 0) is 32.0 Å². The van der Waals surface area contributed by atoms with E-state index in [4.69, 9.17) is 20.4 Å². The number of rotatable bonds is 3. The Hall–Kier alpha value is -1.82. The van der Waals surface area contributed by atoms with Crippen LogP contribution in [-0.2, 0) is 4.74 Å². The summed E-state index contributed by atoms with van der Waals surface area (Å²) in [7, 11) is 0. The number of oxime groups is 1. The highest BCUT2D eigenvalue weighted by molar-refractivity contribution is 5.97. The van der Waals surface area contributed by atoms with Gasteiger partial charge in [0.15, 0.2) is 17.4 Å². The fourth-order valence-electron chi connectivity index (χ4n) is 2.43. The van der Waals surface area contributed by atoms with Crippen LogP contribution in [-0.4, -0.2) is 29.4 Å². The maximum atomic E-state index is 13.9. The maximum absolute atomic E-state index is 13.9. The summed E-state index contributed by atoms with van der Waals surface area (Å²) >= 11 is 0. The van der Waals surface area contributed by atoms with Gasteiger partial charge in [0.25, 0.3) is 0 Å². The van der Waals surface area contributed by atoms with Crippen molar-refractivity contribution in [2.45, 2.75) is 45.0 Å². The van der Waals surface area contributed by atoms with Gasteiger partial charge in [0, 0.05) is 18.4 Å². The van der Waals surface area contributed by atoms with E-state index in [2.05, 4.69) is 5.16 Å². The predicted octanol–water partition coefficient (Wildman–Crippen LogP) is 2.25. The number of hydrogen-bond donors (Lipinski definition) is 2. The van der Waals surface area contributed by atoms with E-state index in [9.17, 15) is 4.39 Å². The Kier molecular flexibility index (Phi) is 4.44. The second kappa shape index (κ2) is 6.09. The summed E-state index contributed by atoms with van der Waals surface area (Å²) in [4.78, 5) is 0. The van der Waals surface area contributed by atoms with Crippen molar-refractivity contribution in [2.75, 3.05) is 0 Å². The molecule has 0 saturated carbocycles. The van der Waals surface area contributed by atoms with Gasteiger partial charge in [-0.15, -0.1) is 0 Å². The van der Waals surface area contributed by atoms with E-state index < -0.39 is 5.82 Å². The fourth-order valence-corrected chi connectivity index (χ4v) is 2.43. The summed E-state index contributed by atoms with van der Waals surface area (Å²) in [5.41, 5.74) is 5.72. The molecule has 1 heterocycles. The zero-order chi connectivity index (χ0) is 14.7. The first-order valence-electron chi connectivity index (χ1n) is 6.59. The second-order valence-electron chi connectivity index (χ2n) is 5.10. The Labute approximate surface area is 117 Å². The molecule has 2 rings (SSSR count). The molecule has 110 valence electrons. The molecular weight excluding hydrogens is 263 g/mol. The van der Waals surface area contributed by atoms with E-state index in [0.29, 0.717) is 5.56 Å². The molecule has 2 unspecified atom stereocenters. The van der Waals surface area contributed by atoms with Gasteiger partial charge in [0.2, 0.25) is 0 Å². The lowest BCUT2D eigenvalue weighted by atomic mass is 10.0. The minimum absolute atomic E-state index is 0.0713. The SMILES string of the molecule is CC1CC(Oc2ccc(/C(N)=N/O)cc2F)CC(C)O1. The average molecular weight is 282 g/mol. The minimum atomic E-state index is -0.527. The predicted molar refractivity (Wildman–Crippen MR) is 72.6 cm³/mol. The van der Waals surface area contributed by atoms with Gasteiger partial charge in [-0.2, -0.15) is 0 Å². The van der Waals surface area contributed by atoms with Crippen molar-refractivity contribution < 1.29 is 19.1 Å². The molecule has 0 bridgehead atoms. The number of halogens is 1. The normalized spacial score (nSPS) is 27.4. The van der Waals surface area contributed by atoms with Crippen molar-refractivity contribution in [1.82, 2.24) is 0 Å². The first kappa shape index (κ1) is 14.6. The second-order valence-corrected chi connectivity index (χ2v) is 5.10. The van der Waals surface area contributed by atoms with E-state index in [1.807, 2.05) is 13.8 Å². The van der Waals surface area contributed by atoms with E-state index in [0.717, 1.165) is 12.8 Å². The Bertz CT molecular complexity index is 497. The molecule has 0 amide bonds. The van der Waals surface area contributed by atoms with Crippen LogP contribution in [0.15, 0.2) is 23.4 Å². The van der Waals surface area contributed by atoms with E-state index in [1.165, 1.54) is 12.1 Å². The molecular formula is C14H19FN2O3. The van der Waals surface area contributed by atoms with E-state index in [1.54, 1.807) is 6.07 Å². The van der Waals surface area contributed by atoms with Gasteiger partial charge in [-0.3, -0.25) is 0 Å². The van der Waals surface area contributed by atoms with Crippen LogP contribution in [0.3, 0.4) is 0 Å². The Morgan fingerprint density at radius 3 is 2.60 bits per heavy atom. The van der Waals surface area contributed by atoms with Crippen molar-refractivity contribution >= 4 is 5.84 Å². The quantitative estimate of drug-likeness (QED) is 0.386. The van der Waals surface area contributed by atoms with Crippen molar-refractivity contribution in [2.24, 2.45) is 10.9 Å². The molecule has 1 fully saturated rings. The molecule has 0 spiro atoms. The fraction of sp³-hybridized carbons (Fsp3) is 0.500. The summed E-state index contributed by atoms with van der Waals surface area (Å²) in [5, 5.41) is 11.4. The van der Waals surface area contributed by atoms with Crippen LogP contribution in [0, 0.1) is 5.82 Å². The van der Waals surface area contributed by atoms with Crippen LogP contribution in [0.4, 0.5) is 4.39 Å². The highest BCUT2D eigenvalue weighted by Crippen LogP contribution is 2.26. The summed E-state index contributed by atoms with van der Waals surface area (Å²) in [6.45, 7) is 3.95. The number of ether oxygens (including phenoxy) is 2. The molecule has 3 N–H and O–H groups in total. The first-order valence-corrected chi connectivity index (χ1v) is 6.59. The molecule has 1 saturated heterocycles. The number of hydrogen-bond acceptors (Lipinski definition) is 4. The third-order valence-corrected chi connectivity index (χ3v) is 3.28. The molecule has 5 nitrogen and oxygen atoms in total. The van der Waals surface area contributed by atoms with E-state index >= 15 is 0 Å². The van der Waals surface area contributed by atoms with Crippen LogP contribution in [0.25, 0.3) is 0 Å². The number of amidine groups is 1. The van der Waals surface area contributed by atoms with Gasteiger partial charge in [0.1, 0.15) is 6.10 Å². The molecule has 0 aliphatic carbocycles. The van der Waals surface area contributed by atoms with Crippen LogP contribution < -0.4 is 10.5 Å². The Morgan fingerprint density at radius 2 is 2.05 bits per heavy atom. The third kappa shape index (κ3) is 3.39. The molecule has 2 atom stereocenters. The average Bonchev–Trinajstić information content (AvgIpc) is 2.39. The topological polar surface area (TPSA) is 77.1 Å². The van der Waals surface area contributed by atoms with Gasteiger partial charge in [-0.25, -0.2) is 4.39 Å².